The van der Waals surface area contributed by atoms with Crippen molar-refractivity contribution in [3.05, 3.63) is 30.1 Å². The molecule has 0 spiro atoms. The van der Waals surface area contributed by atoms with Crippen LogP contribution in [0.2, 0.25) is 0 Å². The second-order valence-electron chi connectivity index (χ2n) is 5.96. The molecule has 0 aromatic carbocycles. The van der Waals surface area contributed by atoms with E-state index in [1.165, 1.54) is 18.4 Å². The van der Waals surface area contributed by atoms with Gasteiger partial charge in [0.1, 0.15) is 0 Å². The quantitative estimate of drug-likeness (QED) is 0.544. The third-order valence-electron chi connectivity index (χ3n) is 4.20. The maximum absolute atomic E-state index is 8.56. The van der Waals surface area contributed by atoms with Crippen LogP contribution in [-0.4, -0.2) is 80.4 Å². The van der Waals surface area contributed by atoms with E-state index in [9.17, 15) is 0 Å². The van der Waals surface area contributed by atoms with Gasteiger partial charge in [0.05, 0.1) is 46.2 Å². The third-order valence-corrected chi connectivity index (χ3v) is 4.20. The van der Waals surface area contributed by atoms with Gasteiger partial charge in [0.25, 0.3) is 0 Å². The molecular weight excluding hydrogens is 308 g/mol. The zero-order valence-electron chi connectivity index (χ0n) is 14.4. The highest BCUT2D eigenvalue weighted by atomic mass is 16.5. The van der Waals surface area contributed by atoms with Gasteiger partial charge in [-0.05, 0) is 37.4 Å². The fourth-order valence-corrected chi connectivity index (χ4v) is 3.00. The van der Waals surface area contributed by atoms with Crippen LogP contribution in [0, 0.1) is 0 Å². The molecule has 1 saturated heterocycles. The molecule has 1 aromatic heterocycles. The second-order valence-corrected chi connectivity index (χ2v) is 5.96. The summed E-state index contributed by atoms with van der Waals surface area (Å²) in [4.78, 5) is 6.73. The van der Waals surface area contributed by atoms with Crippen LogP contribution in [0.4, 0.5) is 0 Å². The Morgan fingerprint density at radius 3 is 2.54 bits per heavy atom. The number of hydrogen-bond acceptors (Lipinski definition) is 6. The van der Waals surface area contributed by atoms with Gasteiger partial charge in [-0.25, -0.2) is 0 Å². The minimum Gasteiger partial charge on any atom is -0.394 e. The molecule has 0 bridgehead atoms. The van der Waals surface area contributed by atoms with E-state index >= 15 is 0 Å². The minimum atomic E-state index is 0.0569. The number of nitrogens with zero attached hydrogens (tertiary/aromatic N) is 2. The Morgan fingerprint density at radius 2 is 1.83 bits per heavy atom. The standard InChI is InChI=1S/C18H30N2O4/c21-8-10-23-12-14-24-13-11-22-9-7-20-6-2-4-18(20)15-17-3-1-5-19-16-17/h1,3,5,16,18,21H,2,4,6-15H2. The Hall–Kier alpha value is -1.05. The molecule has 136 valence electrons. The van der Waals surface area contributed by atoms with Crippen LogP contribution in [0.25, 0.3) is 0 Å². The lowest BCUT2D eigenvalue weighted by atomic mass is 10.1. The summed E-state index contributed by atoms with van der Waals surface area (Å²) < 4.78 is 16.2. The fourth-order valence-electron chi connectivity index (χ4n) is 3.00. The van der Waals surface area contributed by atoms with Crippen LogP contribution < -0.4 is 0 Å². The van der Waals surface area contributed by atoms with Crippen molar-refractivity contribution in [3.63, 3.8) is 0 Å². The summed E-state index contributed by atoms with van der Waals surface area (Å²) in [5.74, 6) is 0. The molecule has 0 amide bonds. The van der Waals surface area contributed by atoms with Crippen molar-refractivity contribution in [1.82, 2.24) is 9.88 Å². The Balaban J connectivity index is 1.49. The molecule has 0 saturated carbocycles. The zero-order chi connectivity index (χ0) is 16.9. The Labute approximate surface area is 144 Å². The monoisotopic (exact) mass is 338 g/mol. The topological polar surface area (TPSA) is 64.1 Å². The molecule has 1 aliphatic rings. The van der Waals surface area contributed by atoms with E-state index in [4.69, 9.17) is 19.3 Å². The smallest absolute Gasteiger partial charge is 0.0701 e. The summed E-state index contributed by atoms with van der Waals surface area (Å²) >= 11 is 0. The summed E-state index contributed by atoms with van der Waals surface area (Å²) in [5.41, 5.74) is 1.31. The number of aliphatic hydroxyl groups excluding tert-OH is 1. The van der Waals surface area contributed by atoms with Gasteiger partial charge in [-0.3, -0.25) is 9.88 Å². The number of aliphatic hydroxyl groups is 1. The van der Waals surface area contributed by atoms with E-state index in [1.54, 1.807) is 0 Å². The van der Waals surface area contributed by atoms with E-state index in [2.05, 4.69) is 16.0 Å². The van der Waals surface area contributed by atoms with Crippen LogP contribution in [0.3, 0.4) is 0 Å². The molecule has 1 N–H and O–H groups in total. The molecule has 1 fully saturated rings. The van der Waals surface area contributed by atoms with Crippen molar-refractivity contribution in [1.29, 1.82) is 0 Å². The van der Waals surface area contributed by atoms with Gasteiger partial charge in [0.15, 0.2) is 0 Å². The number of rotatable bonds is 13. The highest BCUT2D eigenvalue weighted by Crippen LogP contribution is 2.20. The zero-order valence-corrected chi connectivity index (χ0v) is 14.4. The van der Waals surface area contributed by atoms with Gasteiger partial charge < -0.3 is 19.3 Å². The first-order valence-corrected chi connectivity index (χ1v) is 8.87. The van der Waals surface area contributed by atoms with Crippen LogP contribution in [-0.2, 0) is 20.6 Å². The van der Waals surface area contributed by atoms with E-state index in [1.807, 2.05) is 18.5 Å². The van der Waals surface area contributed by atoms with E-state index in [0.29, 0.717) is 39.1 Å². The van der Waals surface area contributed by atoms with Crippen LogP contribution in [0.1, 0.15) is 18.4 Å². The molecule has 1 unspecified atom stereocenters. The highest BCUT2D eigenvalue weighted by molar-refractivity contribution is 5.10. The van der Waals surface area contributed by atoms with Crippen molar-refractivity contribution in [2.24, 2.45) is 0 Å². The van der Waals surface area contributed by atoms with Gasteiger partial charge in [-0.15, -0.1) is 0 Å². The van der Waals surface area contributed by atoms with Crippen LogP contribution in [0.15, 0.2) is 24.5 Å². The molecular formula is C18H30N2O4. The van der Waals surface area contributed by atoms with Crippen molar-refractivity contribution >= 4 is 0 Å². The molecule has 6 nitrogen and oxygen atoms in total. The van der Waals surface area contributed by atoms with Crippen molar-refractivity contribution < 1.29 is 19.3 Å². The fraction of sp³-hybridized carbons (Fsp3) is 0.722. The van der Waals surface area contributed by atoms with E-state index < -0.39 is 0 Å². The Kier molecular flexibility index (Phi) is 9.91. The summed E-state index contributed by atoms with van der Waals surface area (Å²) in [5, 5.41) is 8.56. The number of pyridine rings is 1. The normalized spacial score (nSPS) is 18.3. The number of likely N-dealkylation sites (tertiary alicyclic amines) is 1. The van der Waals surface area contributed by atoms with Gasteiger partial charge >= 0.3 is 0 Å². The lowest BCUT2D eigenvalue weighted by Crippen LogP contribution is -2.34. The van der Waals surface area contributed by atoms with Crippen molar-refractivity contribution in [2.75, 3.05) is 59.3 Å². The van der Waals surface area contributed by atoms with Crippen LogP contribution in [0.5, 0.6) is 0 Å². The SMILES string of the molecule is OCCOCCOCCOCCN1CCCC1Cc1cccnc1. The average molecular weight is 338 g/mol. The molecule has 2 rings (SSSR count). The van der Waals surface area contributed by atoms with E-state index in [0.717, 1.165) is 26.1 Å². The van der Waals surface area contributed by atoms with Crippen molar-refractivity contribution in [2.45, 2.75) is 25.3 Å². The second kappa shape index (κ2) is 12.3. The van der Waals surface area contributed by atoms with Gasteiger partial charge in [0.2, 0.25) is 0 Å². The number of aromatic nitrogens is 1. The summed E-state index contributed by atoms with van der Waals surface area (Å²) in [6.07, 6.45) is 7.39. The van der Waals surface area contributed by atoms with Gasteiger partial charge in [-0.2, -0.15) is 0 Å². The van der Waals surface area contributed by atoms with Gasteiger partial charge in [-0.1, -0.05) is 6.07 Å². The van der Waals surface area contributed by atoms with Crippen molar-refractivity contribution in [3.8, 4) is 0 Å². The molecule has 0 radical (unpaired) electrons. The molecule has 2 heterocycles. The Morgan fingerprint density at radius 1 is 1.08 bits per heavy atom. The number of hydrogen-bond donors (Lipinski definition) is 1. The Bertz CT molecular complexity index is 419. The molecule has 1 aromatic rings. The molecule has 24 heavy (non-hydrogen) atoms. The summed E-state index contributed by atoms with van der Waals surface area (Å²) in [6.45, 7) is 5.57. The molecule has 1 atom stereocenters. The first kappa shape index (κ1) is 19.3. The largest absolute Gasteiger partial charge is 0.394 e. The summed E-state index contributed by atoms with van der Waals surface area (Å²) in [7, 11) is 0. The third kappa shape index (κ3) is 7.68. The maximum Gasteiger partial charge on any atom is 0.0701 e. The number of ether oxygens (including phenoxy) is 3. The molecule has 1 aliphatic heterocycles. The molecule has 6 heteroatoms. The maximum atomic E-state index is 8.56. The first-order chi connectivity index (χ1) is 11.9. The highest BCUT2D eigenvalue weighted by Gasteiger charge is 2.24. The first-order valence-electron chi connectivity index (χ1n) is 8.87. The predicted octanol–water partition coefficient (Wildman–Crippen LogP) is 1.13. The summed E-state index contributed by atoms with van der Waals surface area (Å²) in [6, 6.07) is 4.77. The predicted molar refractivity (Wildman–Crippen MR) is 92.1 cm³/mol. The van der Waals surface area contributed by atoms with Crippen LogP contribution >= 0.6 is 0 Å². The van der Waals surface area contributed by atoms with Gasteiger partial charge in [0, 0.05) is 25.0 Å². The molecule has 0 aliphatic carbocycles. The average Bonchev–Trinajstić information content (AvgIpc) is 3.04. The lowest BCUT2D eigenvalue weighted by molar-refractivity contribution is 0.00417. The minimum absolute atomic E-state index is 0.0569. The van der Waals surface area contributed by atoms with E-state index in [-0.39, 0.29) is 6.61 Å². The lowest BCUT2D eigenvalue weighted by Gasteiger charge is -2.24.